The third kappa shape index (κ3) is 3.78. The van der Waals surface area contributed by atoms with Crippen LogP contribution < -0.4 is 14.2 Å². The molecule has 0 atom stereocenters. The highest BCUT2D eigenvalue weighted by atomic mass is 32.2. The second-order valence-electron chi connectivity index (χ2n) is 6.12. The largest absolute Gasteiger partial charge is 0.497 e. The molecule has 0 saturated carbocycles. The Balaban J connectivity index is 1.90. The number of hydrogen-bond acceptors (Lipinski definition) is 4. The van der Waals surface area contributed by atoms with Crippen LogP contribution in [0.3, 0.4) is 0 Å². The summed E-state index contributed by atoms with van der Waals surface area (Å²) >= 11 is 0. The second kappa shape index (κ2) is 7.36. The summed E-state index contributed by atoms with van der Waals surface area (Å²) in [6.07, 6.45) is 0. The highest BCUT2D eigenvalue weighted by molar-refractivity contribution is 7.92. The van der Waals surface area contributed by atoms with Gasteiger partial charge in [0.15, 0.2) is 0 Å². The standard InChI is InChI=1S/C20H22N2O4S/c1-14-5-6-15(2)22(14)16-7-10-18(11-8-16)27(23,24)21-19-12-9-17(25-3)13-20(19)26-4/h5-13,21H,1-4H3. The van der Waals surface area contributed by atoms with Crippen molar-refractivity contribution in [2.24, 2.45) is 0 Å². The Bertz CT molecular complexity index is 1030. The van der Waals surface area contributed by atoms with Crippen LogP contribution in [0, 0.1) is 13.8 Å². The quantitative estimate of drug-likeness (QED) is 0.697. The van der Waals surface area contributed by atoms with E-state index in [1.54, 1.807) is 42.5 Å². The molecule has 2 aromatic carbocycles. The molecule has 7 heteroatoms. The number of nitrogens with zero attached hydrogens (tertiary/aromatic N) is 1. The maximum atomic E-state index is 12.8. The van der Waals surface area contributed by atoms with E-state index in [0.29, 0.717) is 17.2 Å². The molecule has 3 rings (SSSR count). The number of hydrogen-bond donors (Lipinski definition) is 1. The maximum Gasteiger partial charge on any atom is 0.262 e. The van der Waals surface area contributed by atoms with E-state index in [2.05, 4.69) is 9.29 Å². The number of methoxy groups -OCH3 is 2. The van der Waals surface area contributed by atoms with E-state index >= 15 is 0 Å². The third-order valence-corrected chi connectivity index (χ3v) is 5.71. The summed E-state index contributed by atoms with van der Waals surface area (Å²) in [6, 6.07) is 15.7. The van der Waals surface area contributed by atoms with Crippen LogP contribution in [-0.2, 0) is 10.0 Å². The number of rotatable bonds is 6. The van der Waals surface area contributed by atoms with Gasteiger partial charge in [-0.15, -0.1) is 0 Å². The molecule has 0 amide bonds. The first-order chi connectivity index (χ1) is 12.9. The summed E-state index contributed by atoms with van der Waals surface area (Å²) in [4.78, 5) is 0.173. The van der Waals surface area contributed by atoms with Gasteiger partial charge in [0, 0.05) is 23.1 Å². The zero-order chi connectivity index (χ0) is 19.6. The fourth-order valence-corrected chi connectivity index (χ4v) is 4.01. The minimum absolute atomic E-state index is 0.173. The highest BCUT2D eigenvalue weighted by Crippen LogP contribution is 2.31. The van der Waals surface area contributed by atoms with Crippen LogP contribution in [-0.4, -0.2) is 27.2 Å². The normalized spacial score (nSPS) is 11.3. The van der Waals surface area contributed by atoms with E-state index in [1.807, 2.05) is 26.0 Å². The van der Waals surface area contributed by atoms with Gasteiger partial charge in [-0.05, 0) is 62.4 Å². The smallest absolute Gasteiger partial charge is 0.262 e. The van der Waals surface area contributed by atoms with Crippen LogP contribution in [0.15, 0.2) is 59.5 Å². The first-order valence-corrected chi connectivity index (χ1v) is 9.84. The van der Waals surface area contributed by atoms with Crippen molar-refractivity contribution in [2.75, 3.05) is 18.9 Å². The Morgan fingerprint density at radius 2 is 1.48 bits per heavy atom. The van der Waals surface area contributed by atoms with Gasteiger partial charge >= 0.3 is 0 Å². The molecule has 0 bridgehead atoms. The van der Waals surface area contributed by atoms with Crippen LogP contribution in [0.2, 0.25) is 0 Å². The van der Waals surface area contributed by atoms with E-state index in [4.69, 9.17) is 9.47 Å². The van der Waals surface area contributed by atoms with Crippen molar-refractivity contribution in [3.05, 3.63) is 66.0 Å². The lowest BCUT2D eigenvalue weighted by Crippen LogP contribution is -2.14. The molecule has 3 aromatic rings. The zero-order valence-electron chi connectivity index (χ0n) is 15.7. The SMILES string of the molecule is COc1ccc(NS(=O)(=O)c2ccc(-n3c(C)ccc3C)cc2)c(OC)c1. The molecule has 1 N–H and O–H groups in total. The molecular weight excluding hydrogens is 364 g/mol. The lowest BCUT2D eigenvalue weighted by Gasteiger charge is -2.14. The van der Waals surface area contributed by atoms with Crippen LogP contribution in [0.25, 0.3) is 5.69 Å². The summed E-state index contributed by atoms with van der Waals surface area (Å²) < 4.78 is 40.5. The molecular formula is C20H22N2O4S. The van der Waals surface area contributed by atoms with Crippen LogP contribution in [0.5, 0.6) is 11.5 Å². The lowest BCUT2D eigenvalue weighted by molar-refractivity contribution is 0.395. The van der Waals surface area contributed by atoms with Crippen LogP contribution in [0.1, 0.15) is 11.4 Å². The average molecular weight is 386 g/mol. The summed E-state index contributed by atoms with van der Waals surface area (Å²) in [5, 5.41) is 0. The number of aryl methyl sites for hydroxylation is 2. The molecule has 0 aliphatic carbocycles. The molecule has 6 nitrogen and oxygen atoms in total. The van der Waals surface area contributed by atoms with E-state index in [0.717, 1.165) is 17.1 Å². The van der Waals surface area contributed by atoms with E-state index in [-0.39, 0.29) is 4.90 Å². The predicted molar refractivity (Wildman–Crippen MR) is 106 cm³/mol. The van der Waals surface area contributed by atoms with Gasteiger partial charge in [0.2, 0.25) is 0 Å². The summed E-state index contributed by atoms with van der Waals surface area (Å²) in [5.41, 5.74) is 3.43. The van der Waals surface area contributed by atoms with Crippen molar-refractivity contribution < 1.29 is 17.9 Å². The van der Waals surface area contributed by atoms with Crippen molar-refractivity contribution in [1.29, 1.82) is 0 Å². The van der Waals surface area contributed by atoms with Crippen molar-refractivity contribution in [3.63, 3.8) is 0 Å². The van der Waals surface area contributed by atoms with E-state index in [1.165, 1.54) is 14.2 Å². The topological polar surface area (TPSA) is 69.6 Å². The van der Waals surface area contributed by atoms with Crippen molar-refractivity contribution in [2.45, 2.75) is 18.7 Å². The molecule has 0 fully saturated rings. The van der Waals surface area contributed by atoms with Gasteiger partial charge in [-0.25, -0.2) is 8.42 Å². The second-order valence-corrected chi connectivity index (χ2v) is 7.80. The average Bonchev–Trinajstić information content (AvgIpc) is 3.00. The summed E-state index contributed by atoms with van der Waals surface area (Å²) in [5.74, 6) is 0.963. The van der Waals surface area contributed by atoms with Gasteiger partial charge in [0.1, 0.15) is 11.5 Å². The van der Waals surface area contributed by atoms with Gasteiger partial charge in [-0.3, -0.25) is 4.72 Å². The number of nitrogens with one attached hydrogen (secondary N) is 1. The predicted octanol–water partition coefficient (Wildman–Crippen LogP) is 3.91. The maximum absolute atomic E-state index is 12.8. The summed E-state index contributed by atoms with van der Waals surface area (Å²) in [6.45, 7) is 4.02. The Kier molecular flexibility index (Phi) is 5.14. The van der Waals surface area contributed by atoms with Crippen molar-refractivity contribution >= 4 is 15.7 Å². The Labute approximate surface area is 159 Å². The number of benzene rings is 2. The minimum atomic E-state index is -3.75. The Morgan fingerprint density at radius 3 is 2.04 bits per heavy atom. The van der Waals surface area contributed by atoms with Crippen molar-refractivity contribution in [1.82, 2.24) is 4.57 Å². The number of sulfonamides is 1. The van der Waals surface area contributed by atoms with Gasteiger partial charge in [0.25, 0.3) is 10.0 Å². The van der Waals surface area contributed by atoms with Crippen LogP contribution in [0.4, 0.5) is 5.69 Å². The van der Waals surface area contributed by atoms with Crippen LogP contribution >= 0.6 is 0 Å². The van der Waals surface area contributed by atoms with E-state index < -0.39 is 10.0 Å². The molecule has 0 spiro atoms. The molecule has 1 heterocycles. The molecule has 27 heavy (non-hydrogen) atoms. The molecule has 0 radical (unpaired) electrons. The number of anilines is 1. The molecule has 0 unspecified atom stereocenters. The molecule has 142 valence electrons. The third-order valence-electron chi connectivity index (χ3n) is 4.33. The van der Waals surface area contributed by atoms with E-state index in [9.17, 15) is 8.42 Å². The Hall–Kier alpha value is -2.93. The van der Waals surface area contributed by atoms with Gasteiger partial charge in [-0.2, -0.15) is 0 Å². The fraction of sp³-hybridized carbons (Fsp3) is 0.200. The fourth-order valence-electron chi connectivity index (χ4n) is 2.94. The minimum Gasteiger partial charge on any atom is -0.497 e. The Morgan fingerprint density at radius 1 is 0.852 bits per heavy atom. The van der Waals surface area contributed by atoms with Crippen molar-refractivity contribution in [3.8, 4) is 17.2 Å². The van der Waals surface area contributed by atoms with Gasteiger partial charge in [0.05, 0.1) is 24.8 Å². The molecule has 1 aromatic heterocycles. The monoisotopic (exact) mass is 386 g/mol. The molecule has 0 aliphatic heterocycles. The first-order valence-electron chi connectivity index (χ1n) is 8.36. The van der Waals surface area contributed by atoms with Gasteiger partial charge < -0.3 is 14.0 Å². The van der Waals surface area contributed by atoms with Gasteiger partial charge in [-0.1, -0.05) is 0 Å². The number of ether oxygens (including phenoxy) is 2. The summed E-state index contributed by atoms with van der Waals surface area (Å²) in [7, 11) is -0.740. The zero-order valence-corrected chi connectivity index (χ0v) is 16.5. The number of aromatic nitrogens is 1. The molecule has 0 aliphatic rings. The first kappa shape index (κ1) is 18.8. The lowest BCUT2D eigenvalue weighted by atomic mass is 10.3. The highest BCUT2D eigenvalue weighted by Gasteiger charge is 2.17. The molecule has 0 saturated heterocycles.